The predicted molar refractivity (Wildman–Crippen MR) is 47.2 cm³/mol. The quantitative estimate of drug-likeness (QED) is 0.489. The van der Waals surface area contributed by atoms with Crippen molar-refractivity contribution >= 4 is 0 Å². The van der Waals surface area contributed by atoms with Crippen molar-refractivity contribution in [3.05, 3.63) is 0 Å². The maximum Gasteiger partial charge on any atom is 0.0991 e. The maximum atomic E-state index is 9.68. The number of aliphatic hydroxyl groups excluding tert-OH is 3. The summed E-state index contributed by atoms with van der Waals surface area (Å²) in [7, 11) is 0. The smallest absolute Gasteiger partial charge is 0.0991 e. The van der Waals surface area contributed by atoms with Crippen molar-refractivity contribution in [3.63, 3.8) is 0 Å². The number of aliphatic hydroxyl groups is 3. The number of fused-ring (bicyclic) bond motifs is 1. The average Bonchev–Trinajstić information content (AvgIpc) is 2.58. The van der Waals surface area contributed by atoms with Gasteiger partial charge in [-0.05, 0) is 19.8 Å². The molecule has 0 aromatic rings. The van der Waals surface area contributed by atoms with Gasteiger partial charge in [0, 0.05) is 12.1 Å². The maximum absolute atomic E-state index is 9.68. The highest BCUT2D eigenvalue weighted by Gasteiger charge is 2.51. The molecule has 0 bridgehead atoms. The molecule has 4 heteroatoms. The Kier molecular flexibility index (Phi) is 2.32. The zero-order chi connectivity index (χ0) is 9.59. The van der Waals surface area contributed by atoms with E-state index in [0.717, 1.165) is 12.8 Å². The Labute approximate surface area is 77.8 Å². The minimum absolute atomic E-state index is 0.0575. The lowest BCUT2D eigenvalue weighted by Gasteiger charge is -2.27. The van der Waals surface area contributed by atoms with Gasteiger partial charge in [-0.3, -0.25) is 4.90 Å². The molecular formula is C9H17NO3. The highest BCUT2D eigenvalue weighted by Crippen LogP contribution is 2.36. The lowest BCUT2D eigenvalue weighted by molar-refractivity contribution is 0.0132. The largest absolute Gasteiger partial charge is 0.395 e. The number of nitrogens with zero attached hydrogens (tertiary/aromatic N) is 1. The minimum atomic E-state index is -0.780. The molecule has 2 aliphatic heterocycles. The van der Waals surface area contributed by atoms with E-state index in [1.165, 1.54) is 0 Å². The summed E-state index contributed by atoms with van der Waals surface area (Å²) in [5.41, 5.74) is 0. The lowest BCUT2D eigenvalue weighted by atomic mass is 10.0. The molecule has 0 amide bonds. The van der Waals surface area contributed by atoms with Gasteiger partial charge in [0.1, 0.15) is 0 Å². The Morgan fingerprint density at radius 2 is 1.92 bits per heavy atom. The first-order valence-corrected chi connectivity index (χ1v) is 4.91. The lowest BCUT2D eigenvalue weighted by Crippen LogP contribution is -2.42. The second-order valence-corrected chi connectivity index (χ2v) is 4.17. The Bertz CT molecular complexity index is 197. The molecule has 4 nitrogen and oxygen atoms in total. The molecule has 2 rings (SSSR count). The van der Waals surface area contributed by atoms with E-state index < -0.39 is 12.2 Å². The van der Waals surface area contributed by atoms with Crippen molar-refractivity contribution in [2.75, 3.05) is 6.61 Å². The van der Waals surface area contributed by atoms with E-state index in [9.17, 15) is 10.2 Å². The topological polar surface area (TPSA) is 63.9 Å². The summed E-state index contributed by atoms with van der Waals surface area (Å²) in [4.78, 5) is 2.06. The first-order valence-electron chi connectivity index (χ1n) is 4.91. The summed E-state index contributed by atoms with van der Waals surface area (Å²) in [6.45, 7) is 2.01. The molecule has 3 N–H and O–H groups in total. The van der Waals surface area contributed by atoms with Crippen LogP contribution in [0.15, 0.2) is 0 Å². The average molecular weight is 187 g/mol. The van der Waals surface area contributed by atoms with Gasteiger partial charge in [0.15, 0.2) is 0 Å². The molecule has 0 saturated carbocycles. The molecule has 76 valence electrons. The van der Waals surface area contributed by atoms with E-state index in [2.05, 4.69) is 11.8 Å². The number of hydrogen-bond donors (Lipinski definition) is 3. The van der Waals surface area contributed by atoms with Crippen LogP contribution >= 0.6 is 0 Å². The van der Waals surface area contributed by atoms with Crippen LogP contribution in [0.1, 0.15) is 19.8 Å². The zero-order valence-corrected chi connectivity index (χ0v) is 7.80. The molecule has 2 fully saturated rings. The van der Waals surface area contributed by atoms with Gasteiger partial charge in [0.25, 0.3) is 0 Å². The van der Waals surface area contributed by atoms with Crippen LogP contribution in [0.3, 0.4) is 0 Å². The van der Waals surface area contributed by atoms with E-state index in [-0.39, 0.29) is 18.7 Å². The molecule has 0 aromatic heterocycles. The molecule has 2 heterocycles. The minimum Gasteiger partial charge on any atom is -0.395 e. The normalized spacial score (nSPS) is 51.2. The first kappa shape index (κ1) is 9.40. The SMILES string of the molecule is C[C@H]1CC[C@H]2[C@H](O)[C@@H](O)[C@H](CO)N12. The van der Waals surface area contributed by atoms with Gasteiger partial charge in [-0.15, -0.1) is 0 Å². The summed E-state index contributed by atoms with van der Waals surface area (Å²) in [5, 5.41) is 28.4. The van der Waals surface area contributed by atoms with E-state index in [0.29, 0.717) is 6.04 Å². The Balaban J connectivity index is 2.20. The highest BCUT2D eigenvalue weighted by atomic mass is 16.3. The van der Waals surface area contributed by atoms with E-state index >= 15 is 0 Å². The van der Waals surface area contributed by atoms with Crippen LogP contribution in [-0.4, -0.2) is 57.2 Å². The third-order valence-electron chi connectivity index (χ3n) is 3.48. The number of rotatable bonds is 1. The van der Waals surface area contributed by atoms with Crippen LogP contribution < -0.4 is 0 Å². The molecule has 0 unspecified atom stereocenters. The van der Waals surface area contributed by atoms with E-state index in [4.69, 9.17) is 5.11 Å². The molecule has 0 aliphatic carbocycles. The van der Waals surface area contributed by atoms with Crippen molar-refractivity contribution in [1.82, 2.24) is 4.90 Å². The first-order chi connectivity index (χ1) is 6.16. The second-order valence-electron chi connectivity index (χ2n) is 4.17. The van der Waals surface area contributed by atoms with Crippen molar-refractivity contribution in [2.45, 2.75) is 50.1 Å². The van der Waals surface area contributed by atoms with Crippen molar-refractivity contribution < 1.29 is 15.3 Å². The molecule has 2 saturated heterocycles. The van der Waals surface area contributed by atoms with Crippen LogP contribution in [0.4, 0.5) is 0 Å². The summed E-state index contributed by atoms with van der Waals surface area (Å²) in [5.74, 6) is 0. The third-order valence-corrected chi connectivity index (χ3v) is 3.48. The zero-order valence-electron chi connectivity index (χ0n) is 7.80. The third kappa shape index (κ3) is 1.21. The summed E-state index contributed by atoms with van der Waals surface area (Å²) < 4.78 is 0. The van der Waals surface area contributed by atoms with Gasteiger partial charge < -0.3 is 15.3 Å². The van der Waals surface area contributed by atoms with Crippen molar-refractivity contribution in [3.8, 4) is 0 Å². The molecule has 0 aromatic carbocycles. The van der Waals surface area contributed by atoms with Gasteiger partial charge in [-0.2, -0.15) is 0 Å². The summed E-state index contributed by atoms with van der Waals surface area (Å²) in [6, 6.07) is 0.161. The van der Waals surface area contributed by atoms with Gasteiger partial charge in [-0.1, -0.05) is 0 Å². The fourth-order valence-corrected chi connectivity index (χ4v) is 2.79. The molecular weight excluding hydrogens is 170 g/mol. The predicted octanol–water partition coefficient (Wildman–Crippen LogP) is -1.06. The van der Waals surface area contributed by atoms with Gasteiger partial charge in [0.05, 0.1) is 24.9 Å². The van der Waals surface area contributed by atoms with E-state index in [1.54, 1.807) is 0 Å². The fourth-order valence-electron chi connectivity index (χ4n) is 2.79. The highest BCUT2D eigenvalue weighted by molar-refractivity contribution is 5.05. The Morgan fingerprint density at radius 1 is 1.23 bits per heavy atom. The van der Waals surface area contributed by atoms with Crippen LogP contribution in [0.25, 0.3) is 0 Å². The fraction of sp³-hybridized carbons (Fsp3) is 1.00. The second kappa shape index (κ2) is 3.20. The van der Waals surface area contributed by atoms with Crippen LogP contribution in [0.2, 0.25) is 0 Å². The van der Waals surface area contributed by atoms with Crippen molar-refractivity contribution in [2.24, 2.45) is 0 Å². The Hall–Kier alpha value is -0.160. The van der Waals surface area contributed by atoms with Gasteiger partial charge in [-0.25, -0.2) is 0 Å². The monoisotopic (exact) mass is 187 g/mol. The van der Waals surface area contributed by atoms with Gasteiger partial charge >= 0.3 is 0 Å². The number of hydrogen-bond acceptors (Lipinski definition) is 4. The van der Waals surface area contributed by atoms with Crippen LogP contribution in [-0.2, 0) is 0 Å². The molecule has 5 atom stereocenters. The van der Waals surface area contributed by atoms with Crippen LogP contribution in [0.5, 0.6) is 0 Å². The molecule has 13 heavy (non-hydrogen) atoms. The molecule has 0 spiro atoms. The Morgan fingerprint density at radius 3 is 2.54 bits per heavy atom. The van der Waals surface area contributed by atoms with Gasteiger partial charge in [0.2, 0.25) is 0 Å². The summed E-state index contributed by atoms with van der Waals surface area (Å²) in [6.07, 6.45) is 0.515. The van der Waals surface area contributed by atoms with Crippen molar-refractivity contribution in [1.29, 1.82) is 0 Å². The summed E-state index contributed by atoms with van der Waals surface area (Å²) >= 11 is 0. The molecule has 2 aliphatic rings. The standard InChI is InChI=1S/C9H17NO3/c1-5-2-3-6-8(12)9(13)7(4-11)10(5)6/h5-9,11-13H,2-4H2,1H3/t5-,6-,7-,8-,9-/m0/s1. The molecule has 0 radical (unpaired) electrons. The van der Waals surface area contributed by atoms with Crippen LogP contribution in [0, 0.1) is 0 Å². The van der Waals surface area contributed by atoms with E-state index in [1.807, 2.05) is 0 Å².